The highest BCUT2D eigenvalue weighted by molar-refractivity contribution is 8.00. The van der Waals surface area contributed by atoms with E-state index in [4.69, 9.17) is 5.73 Å². The summed E-state index contributed by atoms with van der Waals surface area (Å²) in [5.74, 6) is 0. The highest BCUT2D eigenvalue weighted by atomic mass is 32.2. The van der Waals surface area contributed by atoms with Gasteiger partial charge in [0.15, 0.2) is 4.34 Å². The molecule has 0 spiro atoms. The number of nitrogens with zero attached hydrogens (tertiary/aromatic N) is 3. The van der Waals surface area contributed by atoms with Crippen molar-refractivity contribution in [2.75, 3.05) is 5.73 Å². The van der Waals surface area contributed by atoms with Crippen molar-refractivity contribution in [3.05, 3.63) is 23.8 Å². The minimum atomic E-state index is 0.710. The van der Waals surface area contributed by atoms with E-state index in [1.165, 1.54) is 23.1 Å². The highest BCUT2D eigenvalue weighted by Crippen LogP contribution is 2.27. The minimum Gasteiger partial charge on any atom is -0.399 e. The first-order valence-electron chi connectivity index (χ1n) is 3.50. The van der Waals surface area contributed by atoms with Gasteiger partial charge >= 0.3 is 0 Å². The number of pyridine rings is 1. The van der Waals surface area contributed by atoms with E-state index >= 15 is 0 Å². The summed E-state index contributed by atoms with van der Waals surface area (Å²) in [7, 11) is 0. The molecular weight excluding hydrogens is 204 g/mol. The summed E-state index contributed by atoms with van der Waals surface area (Å²) in [5.41, 5.74) is 8.00. The van der Waals surface area contributed by atoms with Crippen molar-refractivity contribution in [2.45, 2.75) is 9.37 Å². The molecule has 0 unspecified atom stereocenters. The molecule has 2 rings (SSSR count). The smallest absolute Gasteiger partial charge is 0.180 e. The summed E-state index contributed by atoms with van der Waals surface area (Å²) >= 11 is 2.95. The molecule has 2 N–H and O–H groups in total. The van der Waals surface area contributed by atoms with Crippen LogP contribution >= 0.6 is 23.1 Å². The zero-order valence-corrected chi connectivity index (χ0v) is 8.18. The van der Waals surface area contributed by atoms with Gasteiger partial charge in [-0.3, -0.25) is 0 Å². The van der Waals surface area contributed by atoms with Crippen molar-refractivity contribution in [1.82, 2.24) is 15.2 Å². The quantitative estimate of drug-likeness (QED) is 0.816. The molecule has 0 aliphatic heterocycles. The lowest BCUT2D eigenvalue weighted by molar-refractivity contribution is 1.01. The maximum atomic E-state index is 5.60. The second kappa shape index (κ2) is 3.71. The molecule has 0 aromatic carbocycles. The van der Waals surface area contributed by atoms with Gasteiger partial charge < -0.3 is 5.73 Å². The predicted octanol–water partition coefficient (Wildman–Crippen LogP) is 1.67. The van der Waals surface area contributed by atoms with Gasteiger partial charge in [0.1, 0.15) is 10.5 Å². The molecule has 2 heterocycles. The third-order valence-electron chi connectivity index (χ3n) is 1.29. The lowest BCUT2D eigenvalue weighted by atomic mass is 10.4. The molecule has 0 aliphatic rings. The molecule has 66 valence electrons. The van der Waals surface area contributed by atoms with E-state index in [2.05, 4.69) is 15.2 Å². The largest absolute Gasteiger partial charge is 0.399 e. The Kier molecular flexibility index (Phi) is 2.42. The Hall–Kier alpha value is -1.14. The predicted molar refractivity (Wildman–Crippen MR) is 52.7 cm³/mol. The number of nitrogens with two attached hydrogens (primary N) is 1. The summed E-state index contributed by atoms with van der Waals surface area (Å²) in [5, 5.41) is 8.47. The molecule has 0 radical (unpaired) electrons. The van der Waals surface area contributed by atoms with E-state index in [0.29, 0.717) is 5.69 Å². The summed E-state index contributed by atoms with van der Waals surface area (Å²) in [6, 6.07) is 3.57. The van der Waals surface area contributed by atoms with E-state index in [0.717, 1.165) is 9.37 Å². The molecule has 6 heteroatoms. The van der Waals surface area contributed by atoms with E-state index < -0.39 is 0 Å². The van der Waals surface area contributed by atoms with Crippen LogP contribution in [-0.2, 0) is 0 Å². The second-order valence-corrected chi connectivity index (χ2v) is 4.33. The first-order valence-corrected chi connectivity index (χ1v) is 5.20. The molecule has 4 nitrogen and oxygen atoms in total. The molecule has 0 fully saturated rings. The van der Waals surface area contributed by atoms with Gasteiger partial charge in [-0.1, -0.05) is 11.3 Å². The molecule has 0 amide bonds. The fourth-order valence-electron chi connectivity index (χ4n) is 0.777. The lowest BCUT2D eigenvalue weighted by Gasteiger charge is -1.96. The Labute approximate surface area is 83.2 Å². The Morgan fingerprint density at radius 1 is 1.46 bits per heavy atom. The van der Waals surface area contributed by atoms with Crippen molar-refractivity contribution in [2.24, 2.45) is 0 Å². The Balaban J connectivity index is 2.19. The average Bonchev–Trinajstić information content (AvgIpc) is 2.57. The van der Waals surface area contributed by atoms with E-state index in [9.17, 15) is 0 Å². The van der Waals surface area contributed by atoms with Crippen LogP contribution in [-0.4, -0.2) is 15.2 Å². The molecule has 2 aromatic heterocycles. The lowest BCUT2D eigenvalue weighted by Crippen LogP contribution is -1.86. The summed E-state index contributed by atoms with van der Waals surface area (Å²) in [6.45, 7) is 0. The molecule has 0 saturated carbocycles. The van der Waals surface area contributed by atoms with Gasteiger partial charge in [-0.15, -0.1) is 10.2 Å². The topological polar surface area (TPSA) is 64.7 Å². The summed E-state index contributed by atoms with van der Waals surface area (Å²) in [4.78, 5) is 4.14. The van der Waals surface area contributed by atoms with Crippen LogP contribution < -0.4 is 5.73 Å². The molecule has 0 aliphatic carbocycles. The minimum absolute atomic E-state index is 0.710. The van der Waals surface area contributed by atoms with Crippen LogP contribution in [0.15, 0.2) is 33.2 Å². The van der Waals surface area contributed by atoms with Crippen molar-refractivity contribution in [3.8, 4) is 0 Å². The summed E-state index contributed by atoms with van der Waals surface area (Å²) in [6.07, 6.45) is 1.68. The first kappa shape index (κ1) is 8.46. The second-order valence-electron chi connectivity index (χ2n) is 2.23. The first-order chi connectivity index (χ1) is 6.34. The monoisotopic (exact) mass is 210 g/mol. The van der Waals surface area contributed by atoms with Crippen molar-refractivity contribution in [1.29, 1.82) is 0 Å². The van der Waals surface area contributed by atoms with Crippen LogP contribution in [0.1, 0.15) is 0 Å². The third-order valence-corrected chi connectivity index (χ3v) is 3.00. The van der Waals surface area contributed by atoms with Crippen LogP contribution in [0, 0.1) is 0 Å². The Bertz CT molecular complexity index is 387. The zero-order chi connectivity index (χ0) is 9.10. The zero-order valence-electron chi connectivity index (χ0n) is 6.54. The molecule has 0 bridgehead atoms. The third kappa shape index (κ3) is 2.16. The SMILES string of the molecule is Nc1ccnc(Sc2nncs2)c1. The number of nitrogen functional groups attached to an aromatic ring is 1. The van der Waals surface area contributed by atoms with Crippen molar-refractivity contribution < 1.29 is 0 Å². The maximum Gasteiger partial charge on any atom is 0.180 e. The van der Waals surface area contributed by atoms with Crippen molar-refractivity contribution in [3.63, 3.8) is 0 Å². The van der Waals surface area contributed by atoms with Gasteiger partial charge in [0.05, 0.1) is 0 Å². The average molecular weight is 210 g/mol. The van der Waals surface area contributed by atoms with Gasteiger partial charge in [0.2, 0.25) is 0 Å². The molecule has 13 heavy (non-hydrogen) atoms. The van der Waals surface area contributed by atoms with Gasteiger partial charge in [-0.25, -0.2) is 4.98 Å². The highest BCUT2D eigenvalue weighted by Gasteiger charge is 2.01. The van der Waals surface area contributed by atoms with E-state index in [1.807, 2.05) is 6.07 Å². The molecule has 0 atom stereocenters. The van der Waals surface area contributed by atoms with Crippen LogP contribution in [0.2, 0.25) is 0 Å². The normalized spacial score (nSPS) is 10.2. The summed E-state index contributed by atoms with van der Waals surface area (Å²) < 4.78 is 0.873. The fraction of sp³-hybridized carbons (Fsp3) is 0. The fourth-order valence-corrected chi connectivity index (χ4v) is 2.21. The molecular formula is C7H6N4S2. The maximum absolute atomic E-state index is 5.60. The van der Waals surface area contributed by atoms with E-state index in [1.54, 1.807) is 17.8 Å². The van der Waals surface area contributed by atoms with Crippen LogP contribution in [0.3, 0.4) is 0 Å². The van der Waals surface area contributed by atoms with Gasteiger partial charge in [0, 0.05) is 11.9 Å². The number of anilines is 1. The van der Waals surface area contributed by atoms with Gasteiger partial charge in [-0.2, -0.15) is 0 Å². The number of rotatable bonds is 2. The Morgan fingerprint density at radius 3 is 3.08 bits per heavy atom. The Morgan fingerprint density at radius 2 is 2.38 bits per heavy atom. The molecule has 0 saturated heterocycles. The van der Waals surface area contributed by atoms with Gasteiger partial charge in [-0.05, 0) is 23.9 Å². The number of hydrogen-bond donors (Lipinski definition) is 1. The van der Waals surface area contributed by atoms with Crippen molar-refractivity contribution >= 4 is 28.8 Å². The number of hydrogen-bond acceptors (Lipinski definition) is 6. The van der Waals surface area contributed by atoms with Gasteiger partial charge in [0.25, 0.3) is 0 Å². The van der Waals surface area contributed by atoms with Crippen LogP contribution in [0.25, 0.3) is 0 Å². The van der Waals surface area contributed by atoms with E-state index in [-0.39, 0.29) is 0 Å². The number of aromatic nitrogens is 3. The van der Waals surface area contributed by atoms with Crippen LogP contribution in [0.5, 0.6) is 0 Å². The standard InChI is InChI=1S/C7H6N4S2/c8-5-1-2-9-6(3-5)13-7-11-10-4-12-7/h1-4H,(H2,8,9). The molecule has 2 aromatic rings. The van der Waals surface area contributed by atoms with Crippen LogP contribution in [0.4, 0.5) is 5.69 Å².